The standard InChI is InChI=1S/C18H16N2O/c19-15-5-1-3-13(11-15)7-8-18(21)16-6-2-4-14-9-10-20-12-17(14)16/h1-6,9-12H,7-8,19H2. The second-order valence-electron chi connectivity index (χ2n) is 5.07. The van der Waals surface area contributed by atoms with Crippen LogP contribution in [-0.4, -0.2) is 10.8 Å². The van der Waals surface area contributed by atoms with Crippen molar-refractivity contribution in [3.8, 4) is 0 Å². The van der Waals surface area contributed by atoms with Crippen LogP contribution in [0.5, 0.6) is 0 Å². The predicted octanol–water partition coefficient (Wildman–Crippen LogP) is 3.63. The van der Waals surface area contributed by atoms with Gasteiger partial charge in [-0.2, -0.15) is 0 Å². The van der Waals surface area contributed by atoms with E-state index in [4.69, 9.17) is 5.73 Å². The van der Waals surface area contributed by atoms with Crippen molar-refractivity contribution in [2.24, 2.45) is 0 Å². The molecule has 0 fully saturated rings. The van der Waals surface area contributed by atoms with E-state index in [0.717, 1.165) is 27.6 Å². The molecule has 0 bridgehead atoms. The van der Waals surface area contributed by atoms with Crippen molar-refractivity contribution in [1.29, 1.82) is 0 Å². The SMILES string of the molecule is Nc1cccc(CCC(=O)c2cccc3ccncc23)c1. The zero-order chi connectivity index (χ0) is 14.7. The van der Waals surface area contributed by atoms with Crippen molar-refractivity contribution in [2.45, 2.75) is 12.8 Å². The van der Waals surface area contributed by atoms with Crippen molar-refractivity contribution in [3.05, 3.63) is 72.1 Å². The Hall–Kier alpha value is -2.68. The topological polar surface area (TPSA) is 56.0 Å². The number of hydrogen-bond acceptors (Lipinski definition) is 3. The van der Waals surface area contributed by atoms with Gasteiger partial charge in [0, 0.05) is 35.5 Å². The fraction of sp³-hybridized carbons (Fsp3) is 0.111. The van der Waals surface area contributed by atoms with E-state index < -0.39 is 0 Å². The molecule has 0 unspecified atom stereocenters. The van der Waals surface area contributed by atoms with Gasteiger partial charge in [-0.1, -0.05) is 30.3 Å². The number of carbonyl (C=O) groups excluding carboxylic acids is 1. The molecule has 2 aromatic carbocycles. The van der Waals surface area contributed by atoms with Crippen LogP contribution in [0, 0.1) is 0 Å². The highest BCUT2D eigenvalue weighted by atomic mass is 16.1. The molecule has 0 saturated carbocycles. The Morgan fingerprint density at radius 1 is 1.10 bits per heavy atom. The molecule has 2 N–H and O–H groups in total. The zero-order valence-corrected chi connectivity index (χ0v) is 11.6. The van der Waals surface area contributed by atoms with Crippen LogP contribution in [-0.2, 0) is 6.42 Å². The van der Waals surface area contributed by atoms with Gasteiger partial charge in [0.2, 0.25) is 0 Å². The van der Waals surface area contributed by atoms with Gasteiger partial charge in [-0.25, -0.2) is 0 Å². The zero-order valence-electron chi connectivity index (χ0n) is 11.6. The monoisotopic (exact) mass is 276 g/mol. The molecule has 0 spiro atoms. The van der Waals surface area contributed by atoms with Gasteiger partial charge < -0.3 is 5.73 Å². The van der Waals surface area contributed by atoms with Crippen LogP contribution in [0.15, 0.2) is 60.9 Å². The molecule has 3 rings (SSSR count). The van der Waals surface area contributed by atoms with Crippen molar-refractivity contribution in [3.63, 3.8) is 0 Å². The minimum atomic E-state index is 0.135. The molecule has 0 saturated heterocycles. The number of nitrogens with zero attached hydrogens (tertiary/aromatic N) is 1. The lowest BCUT2D eigenvalue weighted by Gasteiger charge is -2.06. The summed E-state index contributed by atoms with van der Waals surface area (Å²) in [5.41, 5.74) is 8.31. The first kappa shape index (κ1) is 13.3. The molecule has 0 amide bonds. The number of anilines is 1. The number of nitrogen functional groups attached to an aromatic ring is 1. The van der Waals surface area contributed by atoms with Crippen molar-refractivity contribution < 1.29 is 4.79 Å². The third-order valence-electron chi connectivity index (χ3n) is 3.58. The van der Waals surface area contributed by atoms with Crippen LogP contribution < -0.4 is 5.73 Å². The summed E-state index contributed by atoms with van der Waals surface area (Å²) in [7, 11) is 0. The first-order chi connectivity index (χ1) is 10.2. The van der Waals surface area contributed by atoms with E-state index in [1.54, 1.807) is 12.4 Å². The number of nitrogens with two attached hydrogens (primary N) is 1. The molecule has 3 aromatic rings. The first-order valence-electron chi connectivity index (χ1n) is 6.94. The number of ketones is 1. The molecule has 3 nitrogen and oxygen atoms in total. The molecule has 0 atom stereocenters. The Balaban J connectivity index is 1.81. The quantitative estimate of drug-likeness (QED) is 0.584. The van der Waals surface area contributed by atoms with E-state index in [0.29, 0.717) is 12.8 Å². The largest absolute Gasteiger partial charge is 0.399 e. The van der Waals surface area contributed by atoms with E-state index in [-0.39, 0.29) is 5.78 Å². The fourth-order valence-electron chi connectivity index (χ4n) is 2.50. The number of rotatable bonds is 4. The summed E-state index contributed by atoms with van der Waals surface area (Å²) in [6, 6.07) is 15.4. The number of aryl methyl sites for hydroxylation is 1. The molecular formula is C18H16N2O. The Kier molecular flexibility index (Phi) is 3.65. The van der Waals surface area contributed by atoms with Crippen LogP contribution >= 0.6 is 0 Å². The van der Waals surface area contributed by atoms with Gasteiger partial charge in [0.1, 0.15) is 0 Å². The average Bonchev–Trinajstić information content (AvgIpc) is 2.52. The van der Waals surface area contributed by atoms with Crippen LogP contribution in [0.3, 0.4) is 0 Å². The second-order valence-corrected chi connectivity index (χ2v) is 5.07. The molecule has 0 aliphatic heterocycles. The molecule has 104 valence electrons. The van der Waals surface area contributed by atoms with E-state index >= 15 is 0 Å². The Bertz CT molecular complexity index is 791. The molecule has 0 aliphatic carbocycles. The second kappa shape index (κ2) is 5.75. The highest BCUT2D eigenvalue weighted by molar-refractivity contribution is 6.07. The number of benzene rings is 2. The Morgan fingerprint density at radius 3 is 2.81 bits per heavy atom. The first-order valence-corrected chi connectivity index (χ1v) is 6.94. The van der Waals surface area contributed by atoms with E-state index in [1.807, 2.05) is 48.5 Å². The number of carbonyl (C=O) groups is 1. The summed E-state index contributed by atoms with van der Waals surface area (Å²) in [5.74, 6) is 0.135. The van der Waals surface area contributed by atoms with Crippen molar-refractivity contribution >= 4 is 22.2 Å². The number of pyridine rings is 1. The third-order valence-corrected chi connectivity index (χ3v) is 3.58. The summed E-state index contributed by atoms with van der Waals surface area (Å²) < 4.78 is 0. The van der Waals surface area contributed by atoms with Crippen LogP contribution in [0.2, 0.25) is 0 Å². The van der Waals surface area contributed by atoms with Crippen LogP contribution in [0.25, 0.3) is 10.8 Å². The normalized spacial score (nSPS) is 10.7. The molecule has 21 heavy (non-hydrogen) atoms. The van der Waals surface area contributed by atoms with Gasteiger partial charge in [-0.3, -0.25) is 9.78 Å². The van der Waals surface area contributed by atoms with E-state index in [9.17, 15) is 4.79 Å². The maximum Gasteiger partial charge on any atom is 0.163 e. The third kappa shape index (κ3) is 2.92. The Morgan fingerprint density at radius 2 is 1.95 bits per heavy atom. The maximum atomic E-state index is 12.5. The number of aromatic nitrogens is 1. The average molecular weight is 276 g/mol. The van der Waals surface area contributed by atoms with Crippen molar-refractivity contribution in [1.82, 2.24) is 4.98 Å². The highest BCUT2D eigenvalue weighted by Crippen LogP contribution is 2.20. The minimum absolute atomic E-state index is 0.135. The van der Waals surface area contributed by atoms with Gasteiger partial charge in [-0.05, 0) is 35.6 Å². The fourth-order valence-corrected chi connectivity index (χ4v) is 2.50. The van der Waals surface area contributed by atoms with Gasteiger partial charge in [0.25, 0.3) is 0 Å². The maximum absolute atomic E-state index is 12.5. The molecule has 0 radical (unpaired) electrons. The minimum Gasteiger partial charge on any atom is -0.399 e. The molecular weight excluding hydrogens is 260 g/mol. The predicted molar refractivity (Wildman–Crippen MR) is 85.2 cm³/mol. The summed E-state index contributed by atoms with van der Waals surface area (Å²) >= 11 is 0. The summed E-state index contributed by atoms with van der Waals surface area (Å²) in [4.78, 5) is 16.6. The van der Waals surface area contributed by atoms with Gasteiger partial charge in [0.15, 0.2) is 5.78 Å². The summed E-state index contributed by atoms with van der Waals surface area (Å²) in [6.45, 7) is 0. The number of hydrogen-bond donors (Lipinski definition) is 1. The lowest BCUT2D eigenvalue weighted by atomic mass is 9.98. The van der Waals surface area contributed by atoms with Crippen LogP contribution in [0.1, 0.15) is 22.3 Å². The van der Waals surface area contributed by atoms with Gasteiger partial charge in [0.05, 0.1) is 0 Å². The lowest BCUT2D eigenvalue weighted by Crippen LogP contribution is -2.02. The molecule has 3 heteroatoms. The number of Topliss-reactive ketones (excluding diaryl/α,β-unsaturated/α-hetero) is 1. The summed E-state index contributed by atoms with van der Waals surface area (Å²) in [6.07, 6.45) is 4.66. The Labute approximate surface area is 123 Å². The van der Waals surface area contributed by atoms with Crippen molar-refractivity contribution in [2.75, 3.05) is 5.73 Å². The summed E-state index contributed by atoms with van der Waals surface area (Å²) in [5, 5.41) is 1.96. The van der Waals surface area contributed by atoms with Crippen LogP contribution in [0.4, 0.5) is 5.69 Å². The van der Waals surface area contributed by atoms with Gasteiger partial charge in [-0.15, -0.1) is 0 Å². The lowest BCUT2D eigenvalue weighted by molar-refractivity contribution is 0.0984. The molecule has 0 aliphatic rings. The highest BCUT2D eigenvalue weighted by Gasteiger charge is 2.10. The molecule has 1 aromatic heterocycles. The van der Waals surface area contributed by atoms with E-state index in [1.165, 1.54) is 0 Å². The number of fused-ring (bicyclic) bond motifs is 1. The smallest absolute Gasteiger partial charge is 0.163 e. The van der Waals surface area contributed by atoms with Gasteiger partial charge >= 0.3 is 0 Å². The van der Waals surface area contributed by atoms with E-state index in [2.05, 4.69) is 4.98 Å². The molecule has 1 heterocycles.